The second kappa shape index (κ2) is 7.97. The molecule has 1 aliphatic carbocycles. The Hall–Kier alpha value is -3.78. The first kappa shape index (κ1) is 19.9. The van der Waals surface area contributed by atoms with Crippen LogP contribution in [0.1, 0.15) is 28.1 Å². The van der Waals surface area contributed by atoms with Gasteiger partial charge >= 0.3 is 0 Å². The number of nitrogens with one attached hydrogen (secondary N) is 2. The molecule has 8 heteroatoms. The van der Waals surface area contributed by atoms with Crippen molar-refractivity contribution in [1.82, 2.24) is 19.7 Å². The number of anilines is 1. The van der Waals surface area contributed by atoms with Gasteiger partial charge in [-0.05, 0) is 48.6 Å². The lowest BCUT2D eigenvalue weighted by atomic mass is 10.1. The molecule has 1 aliphatic rings. The average Bonchev–Trinajstić information content (AvgIpc) is 3.30. The van der Waals surface area contributed by atoms with Crippen LogP contribution in [-0.4, -0.2) is 26.3 Å². The monoisotopic (exact) mass is 457 g/mol. The number of aromatic nitrogens is 3. The molecule has 0 atom stereocenters. The van der Waals surface area contributed by atoms with Gasteiger partial charge in [0.15, 0.2) is 11.5 Å². The Kier molecular flexibility index (Phi) is 4.80. The van der Waals surface area contributed by atoms with E-state index in [0.29, 0.717) is 40.6 Å². The molecule has 0 bridgehead atoms. The molecule has 3 aromatic heterocycles. The zero-order valence-electron chi connectivity index (χ0n) is 17.6. The van der Waals surface area contributed by atoms with Crippen molar-refractivity contribution in [3.05, 3.63) is 82.4 Å². The Labute approximate surface area is 193 Å². The molecule has 164 valence electrons. The molecule has 0 saturated heterocycles. The number of imidazole rings is 1. The summed E-state index contributed by atoms with van der Waals surface area (Å²) in [6, 6.07) is 16.4. The lowest BCUT2D eigenvalue weighted by Gasteiger charge is -2.11. The number of hydrogen-bond acceptors (Lipinski definition) is 5. The van der Waals surface area contributed by atoms with Crippen LogP contribution in [-0.2, 0) is 6.54 Å². The largest absolute Gasteiger partial charge is 0.362 e. The minimum atomic E-state index is -0.336. The maximum absolute atomic E-state index is 14.2. The third-order valence-electron chi connectivity index (χ3n) is 5.75. The van der Waals surface area contributed by atoms with Crippen LogP contribution in [0, 0.1) is 5.82 Å². The van der Waals surface area contributed by atoms with Crippen molar-refractivity contribution in [3.63, 3.8) is 0 Å². The highest BCUT2D eigenvalue weighted by molar-refractivity contribution is 7.09. The van der Waals surface area contributed by atoms with Gasteiger partial charge in [-0.1, -0.05) is 18.2 Å². The number of hydrogen-bond donors (Lipinski definition) is 2. The summed E-state index contributed by atoms with van der Waals surface area (Å²) in [7, 11) is 0. The maximum atomic E-state index is 14.2. The number of carbonyl (C=O) groups is 1. The first-order valence-electron chi connectivity index (χ1n) is 10.8. The summed E-state index contributed by atoms with van der Waals surface area (Å²) in [5.41, 5.74) is 4.22. The minimum absolute atomic E-state index is 0.0565. The number of nitrogens with zero attached hydrogens (tertiary/aromatic N) is 3. The molecule has 33 heavy (non-hydrogen) atoms. The fraction of sp³-hybridized carbons (Fsp3) is 0.160. The van der Waals surface area contributed by atoms with Crippen molar-refractivity contribution >= 4 is 39.7 Å². The maximum Gasteiger partial charge on any atom is 0.251 e. The van der Waals surface area contributed by atoms with E-state index in [2.05, 4.69) is 21.7 Å². The average molecular weight is 458 g/mol. The summed E-state index contributed by atoms with van der Waals surface area (Å²) in [5, 5.41) is 8.42. The number of carbonyl (C=O) groups excluding carboxylic acids is 1. The smallest absolute Gasteiger partial charge is 0.251 e. The molecular weight excluding hydrogens is 437 g/mol. The van der Waals surface area contributed by atoms with Gasteiger partial charge in [-0.25, -0.2) is 14.4 Å². The van der Waals surface area contributed by atoms with Crippen LogP contribution in [0.25, 0.3) is 27.9 Å². The van der Waals surface area contributed by atoms with Crippen LogP contribution in [0.2, 0.25) is 0 Å². The molecule has 1 fully saturated rings. The quantitative estimate of drug-likeness (QED) is 0.365. The first-order valence-corrected chi connectivity index (χ1v) is 11.7. The number of halogens is 1. The third-order valence-corrected chi connectivity index (χ3v) is 6.63. The molecule has 1 amide bonds. The number of rotatable bonds is 6. The van der Waals surface area contributed by atoms with E-state index in [0.717, 1.165) is 24.1 Å². The van der Waals surface area contributed by atoms with Crippen molar-refractivity contribution in [2.75, 3.05) is 5.32 Å². The van der Waals surface area contributed by atoms with E-state index < -0.39 is 0 Å². The lowest BCUT2D eigenvalue weighted by molar-refractivity contribution is 0.0951. The summed E-state index contributed by atoms with van der Waals surface area (Å²) in [6.07, 6.45) is 3.86. The van der Waals surface area contributed by atoms with E-state index in [1.54, 1.807) is 23.6 Å². The molecule has 0 unspecified atom stereocenters. The van der Waals surface area contributed by atoms with Crippen molar-refractivity contribution in [2.24, 2.45) is 0 Å². The van der Waals surface area contributed by atoms with Crippen molar-refractivity contribution < 1.29 is 9.18 Å². The Morgan fingerprint density at radius 2 is 2.00 bits per heavy atom. The lowest BCUT2D eigenvalue weighted by Crippen LogP contribution is -2.25. The van der Waals surface area contributed by atoms with Crippen molar-refractivity contribution in [1.29, 1.82) is 0 Å². The normalized spacial score (nSPS) is 13.5. The Balaban J connectivity index is 1.43. The zero-order chi connectivity index (χ0) is 22.4. The van der Waals surface area contributed by atoms with Crippen LogP contribution in [0.5, 0.6) is 0 Å². The third kappa shape index (κ3) is 3.82. The summed E-state index contributed by atoms with van der Waals surface area (Å²) in [5.74, 6) is 0.241. The van der Waals surface area contributed by atoms with E-state index in [1.165, 1.54) is 17.0 Å². The zero-order valence-corrected chi connectivity index (χ0v) is 18.4. The molecule has 2 N–H and O–H groups in total. The number of amides is 1. The van der Waals surface area contributed by atoms with Crippen molar-refractivity contribution in [3.8, 4) is 11.3 Å². The SMILES string of the molecule is O=C(NC1CC1)c1ccc(-c2cnc3c(NCc4cccs4)nc4ccc(F)cc4n23)cc1. The van der Waals surface area contributed by atoms with Gasteiger partial charge in [0.2, 0.25) is 0 Å². The Morgan fingerprint density at radius 3 is 2.76 bits per heavy atom. The van der Waals surface area contributed by atoms with Crippen LogP contribution < -0.4 is 10.6 Å². The summed E-state index contributed by atoms with van der Waals surface area (Å²) >= 11 is 1.67. The summed E-state index contributed by atoms with van der Waals surface area (Å²) in [6.45, 7) is 0.625. The predicted molar refractivity (Wildman–Crippen MR) is 128 cm³/mol. The highest BCUT2D eigenvalue weighted by Crippen LogP contribution is 2.29. The molecule has 2 aromatic carbocycles. The van der Waals surface area contributed by atoms with Crippen molar-refractivity contribution in [2.45, 2.75) is 25.4 Å². The highest BCUT2D eigenvalue weighted by Gasteiger charge is 2.24. The summed E-state index contributed by atoms with van der Waals surface area (Å²) < 4.78 is 16.1. The van der Waals surface area contributed by atoms with Gasteiger partial charge in [0, 0.05) is 28.1 Å². The van der Waals surface area contributed by atoms with E-state index in [9.17, 15) is 9.18 Å². The van der Waals surface area contributed by atoms with Gasteiger partial charge in [0.05, 0.1) is 29.5 Å². The molecule has 6 nitrogen and oxygen atoms in total. The van der Waals surface area contributed by atoms with Gasteiger partial charge in [-0.15, -0.1) is 11.3 Å². The molecule has 6 rings (SSSR count). The Bertz CT molecular complexity index is 1470. The second-order valence-corrected chi connectivity index (χ2v) is 9.19. The van der Waals surface area contributed by atoms with Crippen LogP contribution in [0.4, 0.5) is 10.2 Å². The minimum Gasteiger partial charge on any atom is -0.362 e. The van der Waals surface area contributed by atoms with Gasteiger partial charge < -0.3 is 10.6 Å². The van der Waals surface area contributed by atoms with Gasteiger partial charge in [0.1, 0.15) is 5.82 Å². The van der Waals surface area contributed by atoms with Crippen LogP contribution in [0.3, 0.4) is 0 Å². The van der Waals surface area contributed by atoms with Crippen LogP contribution >= 0.6 is 11.3 Å². The molecule has 0 aliphatic heterocycles. The predicted octanol–water partition coefficient (Wildman–Crippen LogP) is 5.25. The summed E-state index contributed by atoms with van der Waals surface area (Å²) in [4.78, 5) is 22.9. The topological polar surface area (TPSA) is 71.3 Å². The number of benzene rings is 2. The standard InChI is InChI=1S/C25H20FN5OS/c26-17-7-10-20-21(12-17)31-22(15-3-5-16(6-4-15)25(32)29-18-8-9-18)14-28-24(31)23(30-20)27-13-19-2-1-11-33-19/h1-7,10-12,14,18H,8-9,13H2,(H,27,30)(H,29,32). The van der Waals surface area contributed by atoms with Gasteiger partial charge in [-0.3, -0.25) is 9.20 Å². The molecular formula is C25H20FN5OS. The fourth-order valence-electron chi connectivity index (χ4n) is 3.90. The van der Waals surface area contributed by atoms with E-state index >= 15 is 0 Å². The van der Waals surface area contributed by atoms with Gasteiger partial charge in [0.25, 0.3) is 5.91 Å². The van der Waals surface area contributed by atoms with E-state index in [4.69, 9.17) is 4.98 Å². The van der Waals surface area contributed by atoms with Crippen LogP contribution in [0.15, 0.2) is 66.2 Å². The van der Waals surface area contributed by atoms with Gasteiger partial charge in [-0.2, -0.15) is 0 Å². The van der Waals surface area contributed by atoms with E-state index in [1.807, 2.05) is 40.1 Å². The highest BCUT2D eigenvalue weighted by atomic mass is 32.1. The second-order valence-electron chi connectivity index (χ2n) is 8.15. The number of fused-ring (bicyclic) bond motifs is 3. The van der Waals surface area contributed by atoms with E-state index in [-0.39, 0.29) is 11.7 Å². The fourth-order valence-corrected chi connectivity index (χ4v) is 4.54. The molecule has 0 spiro atoms. The Morgan fingerprint density at radius 1 is 1.15 bits per heavy atom. The number of thiophene rings is 1. The molecule has 5 aromatic rings. The molecule has 3 heterocycles. The first-order chi connectivity index (χ1) is 16.2. The molecule has 1 saturated carbocycles. The molecule has 0 radical (unpaired) electrons.